The number of hydrogen-bond acceptors (Lipinski definition) is 4. The zero-order valence-electron chi connectivity index (χ0n) is 11.2. The largest absolute Gasteiger partial charge is 0.497 e. The predicted molar refractivity (Wildman–Crippen MR) is 78.3 cm³/mol. The minimum absolute atomic E-state index is 0.130. The summed E-state index contributed by atoms with van der Waals surface area (Å²) in [5, 5.41) is 10.9. The van der Waals surface area contributed by atoms with E-state index in [1.165, 1.54) is 0 Å². The van der Waals surface area contributed by atoms with Gasteiger partial charge in [0.25, 0.3) is 0 Å². The van der Waals surface area contributed by atoms with Crippen molar-refractivity contribution in [2.45, 2.75) is 0 Å². The van der Waals surface area contributed by atoms with Gasteiger partial charge in [0.05, 0.1) is 7.11 Å². The van der Waals surface area contributed by atoms with Crippen LogP contribution in [0, 0.1) is 0 Å². The Morgan fingerprint density at radius 2 is 2.30 bits per heavy atom. The van der Waals surface area contributed by atoms with Gasteiger partial charge >= 0.3 is 5.97 Å². The second kappa shape index (κ2) is 6.06. The highest BCUT2D eigenvalue weighted by atomic mass is 16.5. The molecule has 0 bridgehead atoms. The maximum atomic E-state index is 11.0. The minimum atomic E-state index is -0.909. The summed E-state index contributed by atoms with van der Waals surface area (Å²) in [6, 6.07) is 7.52. The van der Waals surface area contributed by atoms with Crippen molar-refractivity contribution in [3.63, 3.8) is 0 Å². The fraction of sp³-hybridized carbons (Fsp3) is 0.200. The van der Waals surface area contributed by atoms with Crippen LogP contribution in [0.5, 0.6) is 5.75 Å². The van der Waals surface area contributed by atoms with E-state index in [-0.39, 0.29) is 6.54 Å². The van der Waals surface area contributed by atoms with Crippen LogP contribution in [-0.4, -0.2) is 36.3 Å². The molecular weight excluding hydrogens is 256 g/mol. The van der Waals surface area contributed by atoms with E-state index in [9.17, 15) is 4.79 Å². The van der Waals surface area contributed by atoms with Gasteiger partial charge in [0.15, 0.2) is 0 Å². The van der Waals surface area contributed by atoms with Crippen molar-refractivity contribution in [3.8, 4) is 5.75 Å². The average Bonchev–Trinajstić information content (AvgIpc) is 2.45. The number of hydrogen-bond donors (Lipinski definition) is 1. The number of carboxylic acids is 1. The van der Waals surface area contributed by atoms with Gasteiger partial charge in [-0.1, -0.05) is 12.1 Å². The topological polar surface area (TPSA) is 62.7 Å². The molecule has 5 nitrogen and oxygen atoms in total. The molecule has 5 heteroatoms. The molecule has 20 heavy (non-hydrogen) atoms. The van der Waals surface area contributed by atoms with Crippen LogP contribution < -0.4 is 9.64 Å². The number of carboxylic acid groups (broad SMARTS) is 1. The highest BCUT2D eigenvalue weighted by Crippen LogP contribution is 2.28. The second-order valence-electron chi connectivity index (χ2n) is 4.28. The van der Waals surface area contributed by atoms with Crippen molar-refractivity contribution in [1.82, 2.24) is 4.98 Å². The molecular formula is C15H16N2O3. The number of aromatic nitrogens is 1. The number of carbonyl (C=O) groups is 1. The summed E-state index contributed by atoms with van der Waals surface area (Å²) in [6.07, 6.45) is 3.33. The van der Waals surface area contributed by atoms with Crippen LogP contribution in [0.1, 0.15) is 0 Å². The van der Waals surface area contributed by atoms with Gasteiger partial charge in [-0.2, -0.15) is 0 Å². The van der Waals surface area contributed by atoms with Gasteiger partial charge < -0.3 is 14.7 Å². The average molecular weight is 272 g/mol. The Balaban J connectivity index is 2.54. The Bertz CT molecular complexity index is 640. The van der Waals surface area contributed by atoms with Crippen LogP contribution in [0.3, 0.4) is 0 Å². The smallest absolute Gasteiger partial charge is 0.323 e. The second-order valence-corrected chi connectivity index (χ2v) is 4.28. The summed E-state index contributed by atoms with van der Waals surface area (Å²) in [4.78, 5) is 17.0. The van der Waals surface area contributed by atoms with Gasteiger partial charge in [0.2, 0.25) is 0 Å². The number of aliphatic carboxylic acids is 1. The molecule has 0 radical (unpaired) electrons. The number of methoxy groups -OCH3 is 1. The molecule has 1 N–H and O–H groups in total. The van der Waals surface area contributed by atoms with Crippen molar-refractivity contribution in [2.75, 3.05) is 25.1 Å². The Labute approximate surface area is 117 Å². The lowest BCUT2D eigenvalue weighted by atomic mass is 10.1. The van der Waals surface area contributed by atoms with Crippen molar-refractivity contribution in [1.29, 1.82) is 0 Å². The van der Waals surface area contributed by atoms with Gasteiger partial charge in [0.1, 0.15) is 18.1 Å². The molecule has 104 valence electrons. The molecule has 2 aromatic rings. The maximum Gasteiger partial charge on any atom is 0.323 e. The molecule has 1 aromatic heterocycles. The maximum absolute atomic E-state index is 11.0. The summed E-state index contributed by atoms with van der Waals surface area (Å²) >= 11 is 0. The van der Waals surface area contributed by atoms with Gasteiger partial charge in [-0.3, -0.25) is 4.79 Å². The molecule has 0 spiro atoms. The lowest BCUT2D eigenvalue weighted by Crippen LogP contribution is -2.30. The molecule has 0 amide bonds. The summed E-state index contributed by atoms with van der Waals surface area (Å²) < 4.78 is 5.22. The first-order valence-electron chi connectivity index (χ1n) is 6.16. The zero-order valence-corrected chi connectivity index (χ0v) is 11.2. The number of benzene rings is 1. The van der Waals surface area contributed by atoms with Gasteiger partial charge in [-0.05, 0) is 23.6 Å². The Morgan fingerprint density at radius 1 is 1.50 bits per heavy atom. The van der Waals surface area contributed by atoms with E-state index >= 15 is 0 Å². The van der Waals surface area contributed by atoms with E-state index in [0.717, 1.165) is 10.8 Å². The molecule has 1 aromatic carbocycles. The Hall–Kier alpha value is -2.56. The Kier molecular flexibility index (Phi) is 4.20. The van der Waals surface area contributed by atoms with E-state index < -0.39 is 5.97 Å². The molecule has 0 saturated carbocycles. The van der Waals surface area contributed by atoms with Crippen molar-refractivity contribution < 1.29 is 14.6 Å². The SMILES string of the molecule is C=CCN(CC(=O)O)c1nccc2ccc(OC)cc12. The van der Waals surface area contributed by atoms with Crippen molar-refractivity contribution >= 4 is 22.6 Å². The van der Waals surface area contributed by atoms with Crippen molar-refractivity contribution in [2.24, 2.45) is 0 Å². The minimum Gasteiger partial charge on any atom is -0.497 e. The Morgan fingerprint density at radius 3 is 2.95 bits per heavy atom. The molecule has 0 saturated heterocycles. The molecule has 1 heterocycles. The molecule has 0 unspecified atom stereocenters. The number of ether oxygens (including phenoxy) is 1. The van der Waals surface area contributed by atoms with Crippen LogP contribution in [0.4, 0.5) is 5.82 Å². The highest BCUT2D eigenvalue weighted by molar-refractivity contribution is 5.94. The van der Waals surface area contributed by atoms with Crippen LogP contribution >= 0.6 is 0 Å². The first kappa shape index (κ1) is 13.9. The number of pyridine rings is 1. The van der Waals surface area contributed by atoms with E-state index in [1.807, 2.05) is 24.3 Å². The summed E-state index contributed by atoms with van der Waals surface area (Å²) in [7, 11) is 1.59. The predicted octanol–water partition coefficient (Wildman–Crippen LogP) is 2.32. The van der Waals surface area contributed by atoms with Crippen LogP contribution in [0.15, 0.2) is 43.1 Å². The monoisotopic (exact) mass is 272 g/mol. The highest BCUT2D eigenvalue weighted by Gasteiger charge is 2.14. The van der Waals surface area contributed by atoms with Crippen molar-refractivity contribution in [3.05, 3.63) is 43.1 Å². The number of anilines is 1. The van der Waals surface area contributed by atoms with Gasteiger partial charge in [-0.15, -0.1) is 6.58 Å². The van der Waals surface area contributed by atoms with Gasteiger partial charge in [0, 0.05) is 18.1 Å². The van der Waals surface area contributed by atoms with Crippen LogP contribution in [-0.2, 0) is 4.79 Å². The molecule has 0 aliphatic rings. The van der Waals surface area contributed by atoms with Gasteiger partial charge in [-0.25, -0.2) is 4.98 Å². The lowest BCUT2D eigenvalue weighted by Gasteiger charge is -2.21. The molecule has 0 fully saturated rings. The summed E-state index contributed by atoms with van der Waals surface area (Å²) in [6.45, 7) is 3.94. The number of rotatable bonds is 6. The lowest BCUT2D eigenvalue weighted by molar-refractivity contribution is -0.135. The first-order valence-corrected chi connectivity index (χ1v) is 6.16. The number of nitrogens with zero attached hydrogens (tertiary/aromatic N) is 2. The summed E-state index contributed by atoms with van der Waals surface area (Å²) in [5.41, 5.74) is 0. The third-order valence-electron chi connectivity index (χ3n) is 2.93. The fourth-order valence-corrected chi connectivity index (χ4v) is 2.06. The molecule has 2 rings (SSSR count). The van der Waals surface area contributed by atoms with E-state index in [1.54, 1.807) is 24.3 Å². The van der Waals surface area contributed by atoms with E-state index in [4.69, 9.17) is 9.84 Å². The van der Waals surface area contributed by atoms with E-state index in [2.05, 4.69) is 11.6 Å². The molecule has 0 aliphatic carbocycles. The third kappa shape index (κ3) is 2.88. The number of fused-ring (bicyclic) bond motifs is 1. The van der Waals surface area contributed by atoms with E-state index in [0.29, 0.717) is 18.1 Å². The summed E-state index contributed by atoms with van der Waals surface area (Å²) in [5.74, 6) is 0.415. The standard InChI is InChI=1S/C15H16N2O3/c1-3-8-17(10-14(18)19)15-13-9-12(20-2)5-4-11(13)6-7-16-15/h3-7,9H,1,8,10H2,2H3,(H,18,19). The quantitative estimate of drug-likeness (QED) is 0.818. The molecule has 0 atom stereocenters. The normalized spacial score (nSPS) is 10.2. The third-order valence-corrected chi connectivity index (χ3v) is 2.93. The fourth-order valence-electron chi connectivity index (χ4n) is 2.06. The first-order chi connectivity index (χ1) is 9.65. The van der Waals surface area contributed by atoms with Crippen LogP contribution in [0.2, 0.25) is 0 Å². The van der Waals surface area contributed by atoms with Crippen LogP contribution in [0.25, 0.3) is 10.8 Å². The zero-order chi connectivity index (χ0) is 14.5. The molecule has 0 aliphatic heterocycles.